The summed E-state index contributed by atoms with van der Waals surface area (Å²) in [6, 6.07) is 12.1. The molecular formula is C30H38N6O8S. The highest BCUT2D eigenvalue weighted by atomic mass is 32.2. The molecule has 0 saturated carbocycles. The molecule has 1 aliphatic heterocycles. The lowest BCUT2D eigenvalue weighted by atomic mass is 9.93. The van der Waals surface area contributed by atoms with Crippen molar-refractivity contribution < 1.29 is 32.9 Å². The molecule has 0 bridgehead atoms. The summed E-state index contributed by atoms with van der Waals surface area (Å²) in [7, 11) is -3.81. The second-order valence-corrected chi connectivity index (χ2v) is 14.0. The number of hydrogen-bond donors (Lipinski definition) is 3. The number of piperidine rings is 1. The van der Waals surface area contributed by atoms with Crippen LogP contribution < -0.4 is 11.1 Å². The molecule has 2 aromatic carbocycles. The second kappa shape index (κ2) is 13.5. The van der Waals surface area contributed by atoms with Gasteiger partial charge in [-0.2, -0.15) is 0 Å². The Labute approximate surface area is 260 Å². The highest BCUT2D eigenvalue weighted by Crippen LogP contribution is 2.36. The minimum absolute atomic E-state index is 0.0874. The van der Waals surface area contributed by atoms with Crippen molar-refractivity contribution in [2.75, 3.05) is 25.4 Å². The van der Waals surface area contributed by atoms with Crippen LogP contribution in [0.4, 0.5) is 10.5 Å². The van der Waals surface area contributed by atoms with E-state index in [9.17, 15) is 33.3 Å². The van der Waals surface area contributed by atoms with Gasteiger partial charge in [0.25, 0.3) is 5.91 Å². The maximum atomic E-state index is 14.0. The monoisotopic (exact) mass is 642 g/mol. The van der Waals surface area contributed by atoms with Crippen LogP contribution in [0.1, 0.15) is 56.1 Å². The highest BCUT2D eigenvalue weighted by molar-refractivity contribution is 7.91. The Bertz CT molecular complexity index is 1710. The van der Waals surface area contributed by atoms with Crippen molar-refractivity contribution in [3.63, 3.8) is 0 Å². The molecule has 0 atom stereocenters. The van der Waals surface area contributed by atoms with Gasteiger partial charge in [-0.05, 0) is 70.2 Å². The number of nitro groups is 1. The molecular weight excluding hydrogens is 604 g/mol. The fourth-order valence-corrected chi connectivity index (χ4v) is 6.64. The Morgan fingerprint density at radius 2 is 1.82 bits per heavy atom. The summed E-state index contributed by atoms with van der Waals surface area (Å²) in [5.74, 6) is -1.06. The number of likely N-dealkylation sites (tertiary alicyclic amines) is 1. The number of alkyl carbamates (subject to hydrolysis) is 1. The lowest BCUT2D eigenvalue weighted by Gasteiger charge is -2.32. The number of ether oxygens (including phenoxy) is 1. The number of nitrogens with two attached hydrogens (primary N) is 1. The van der Waals surface area contributed by atoms with Crippen molar-refractivity contribution in [2.24, 2.45) is 16.8 Å². The summed E-state index contributed by atoms with van der Waals surface area (Å²) in [4.78, 5) is 39.4. The number of hydrogen-bond acceptors (Lipinski definition) is 9. The minimum atomic E-state index is -3.81. The summed E-state index contributed by atoms with van der Waals surface area (Å²) in [5.41, 5.74) is 4.95. The van der Waals surface area contributed by atoms with Gasteiger partial charge >= 0.3 is 11.8 Å². The van der Waals surface area contributed by atoms with Crippen LogP contribution >= 0.6 is 0 Å². The van der Waals surface area contributed by atoms with E-state index in [1.807, 2.05) is 0 Å². The number of carbonyl (C=O) groups is 2. The third kappa shape index (κ3) is 7.90. The molecule has 3 aromatic rings. The highest BCUT2D eigenvalue weighted by Gasteiger charge is 2.35. The molecule has 0 spiro atoms. The largest absolute Gasteiger partial charge is 0.444 e. The number of carbonyl (C=O) groups excluding carboxylic acids is 2. The molecule has 1 saturated heterocycles. The van der Waals surface area contributed by atoms with Crippen molar-refractivity contribution in [1.29, 1.82) is 0 Å². The van der Waals surface area contributed by atoms with Gasteiger partial charge in [-0.25, -0.2) is 13.2 Å². The van der Waals surface area contributed by atoms with Crippen LogP contribution in [0.5, 0.6) is 0 Å². The Hall–Kier alpha value is -4.66. The summed E-state index contributed by atoms with van der Waals surface area (Å²) in [6.45, 7) is 6.15. The lowest BCUT2D eigenvalue weighted by Crippen LogP contribution is -2.40. The van der Waals surface area contributed by atoms with Gasteiger partial charge in [0, 0.05) is 31.7 Å². The molecule has 15 heteroatoms. The van der Waals surface area contributed by atoms with E-state index < -0.39 is 43.8 Å². The SMILES string of the molecule is CC(C)(C)OC(=O)NCCC1CCN(C(=O)c2c([N+](=O)[O-])c3ccc(C(N)=NO)cc3n2CCS(=O)(=O)c2ccccc2)CC1. The fraction of sp³-hybridized carbons (Fsp3) is 0.433. The van der Waals surface area contributed by atoms with Gasteiger partial charge in [-0.15, -0.1) is 0 Å². The molecule has 14 nitrogen and oxygen atoms in total. The number of nitrogens with zero attached hydrogens (tertiary/aromatic N) is 4. The van der Waals surface area contributed by atoms with E-state index in [1.54, 1.807) is 39.0 Å². The number of benzene rings is 2. The molecule has 2 amide bonds. The average Bonchev–Trinajstić information content (AvgIpc) is 3.33. The molecule has 0 aliphatic carbocycles. The molecule has 45 heavy (non-hydrogen) atoms. The molecule has 1 aromatic heterocycles. The number of fused-ring (bicyclic) bond motifs is 1. The van der Waals surface area contributed by atoms with Crippen molar-refractivity contribution >= 4 is 44.3 Å². The van der Waals surface area contributed by atoms with Gasteiger partial charge in [0.15, 0.2) is 21.4 Å². The van der Waals surface area contributed by atoms with Gasteiger partial charge in [0.2, 0.25) is 0 Å². The summed E-state index contributed by atoms with van der Waals surface area (Å²) < 4.78 is 32.9. The Morgan fingerprint density at radius 3 is 2.42 bits per heavy atom. The lowest BCUT2D eigenvalue weighted by molar-refractivity contribution is -0.383. The fourth-order valence-electron chi connectivity index (χ4n) is 5.41. The van der Waals surface area contributed by atoms with Crippen LogP contribution in [0.15, 0.2) is 58.6 Å². The maximum absolute atomic E-state index is 14.0. The summed E-state index contributed by atoms with van der Waals surface area (Å²) in [5, 5.41) is 27.5. The van der Waals surface area contributed by atoms with Gasteiger partial charge < -0.3 is 30.5 Å². The van der Waals surface area contributed by atoms with Crippen molar-refractivity contribution in [1.82, 2.24) is 14.8 Å². The van der Waals surface area contributed by atoms with Crippen LogP contribution in [-0.2, 0) is 21.1 Å². The van der Waals surface area contributed by atoms with E-state index in [-0.39, 0.29) is 45.4 Å². The Balaban J connectivity index is 1.61. The quantitative estimate of drug-likeness (QED) is 0.0965. The molecule has 242 valence electrons. The first-order valence-corrected chi connectivity index (χ1v) is 16.2. The number of amidine groups is 1. The first-order chi connectivity index (χ1) is 21.2. The van der Waals surface area contributed by atoms with E-state index >= 15 is 0 Å². The smallest absolute Gasteiger partial charge is 0.407 e. The number of aryl methyl sites for hydroxylation is 1. The zero-order chi connectivity index (χ0) is 32.9. The molecule has 0 unspecified atom stereocenters. The Morgan fingerprint density at radius 1 is 1.16 bits per heavy atom. The molecule has 2 heterocycles. The van der Waals surface area contributed by atoms with Crippen LogP contribution in [0.25, 0.3) is 10.9 Å². The van der Waals surface area contributed by atoms with Crippen molar-refractivity contribution in [3.05, 3.63) is 69.9 Å². The molecule has 0 radical (unpaired) electrons. The molecule has 1 aliphatic rings. The van der Waals surface area contributed by atoms with Crippen LogP contribution in [0.2, 0.25) is 0 Å². The average molecular weight is 643 g/mol. The van der Waals surface area contributed by atoms with Gasteiger partial charge in [-0.3, -0.25) is 14.9 Å². The molecule has 4 N–H and O–H groups in total. The van der Waals surface area contributed by atoms with E-state index in [2.05, 4.69) is 10.5 Å². The first kappa shape index (κ1) is 33.2. The third-order valence-electron chi connectivity index (χ3n) is 7.64. The number of sulfone groups is 1. The predicted octanol–water partition coefficient (Wildman–Crippen LogP) is 3.88. The third-order valence-corrected chi connectivity index (χ3v) is 9.35. The van der Waals surface area contributed by atoms with Crippen LogP contribution in [0.3, 0.4) is 0 Å². The van der Waals surface area contributed by atoms with Gasteiger partial charge in [-0.1, -0.05) is 29.4 Å². The first-order valence-electron chi connectivity index (χ1n) is 14.5. The standard InChI is InChI=1S/C30H38N6O8S/c1-30(2,3)44-29(38)32-14-11-20-12-15-34(16-13-20)28(37)26-25(36(40)41)23-10-9-21(27(31)33-39)19-24(23)35(26)17-18-45(42,43)22-7-5-4-6-8-22/h4-10,19-20,39H,11-18H2,1-3H3,(H2,31,33)(H,32,38). The summed E-state index contributed by atoms with van der Waals surface area (Å²) in [6.07, 6.45) is 1.41. The minimum Gasteiger partial charge on any atom is -0.444 e. The zero-order valence-electron chi connectivity index (χ0n) is 25.4. The van der Waals surface area contributed by atoms with Gasteiger partial charge in [0.1, 0.15) is 5.60 Å². The van der Waals surface area contributed by atoms with Crippen molar-refractivity contribution in [2.45, 2.75) is 57.1 Å². The zero-order valence-corrected chi connectivity index (χ0v) is 26.2. The topological polar surface area (TPSA) is 199 Å². The van der Waals surface area contributed by atoms with E-state index in [4.69, 9.17) is 10.5 Å². The number of amides is 2. The number of oxime groups is 1. The van der Waals surface area contributed by atoms with E-state index in [0.717, 1.165) is 0 Å². The van der Waals surface area contributed by atoms with Crippen molar-refractivity contribution in [3.8, 4) is 0 Å². The van der Waals surface area contributed by atoms with Crippen LogP contribution in [0, 0.1) is 16.0 Å². The maximum Gasteiger partial charge on any atom is 0.407 e. The number of rotatable bonds is 10. The molecule has 1 fully saturated rings. The Kier molecular flexibility index (Phi) is 10.0. The second-order valence-electron chi connectivity index (χ2n) is 11.9. The van der Waals surface area contributed by atoms with E-state index in [1.165, 1.54) is 39.8 Å². The normalized spacial score (nSPS) is 14.8. The predicted molar refractivity (Wildman–Crippen MR) is 167 cm³/mol. The summed E-state index contributed by atoms with van der Waals surface area (Å²) >= 11 is 0. The molecule has 4 rings (SSSR count). The van der Waals surface area contributed by atoms with E-state index in [0.29, 0.717) is 38.9 Å². The van der Waals surface area contributed by atoms with Gasteiger partial charge in [0.05, 0.1) is 26.5 Å². The number of aromatic nitrogens is 1. The number of nitrogens with one attached hydrogen (secondary N) is 1. The van der Waals surface area contributed by atoms with Crippen LogP contribution in [-0.4, -0.2) is 76.8 Å².